The van der Waals surface area contributed by atoms with E-state index in [2.05, 4.69) is 0 Å². The highest BCUT2D eigenvalue weighted by atomic mass is 16.5. The number of ether oxygens (including phenoxy) is 1. The summed E-state index contributed by atoms with van der Waals surface area (Å²) in [6.45, 7) is 5.75. The van der Waals surface area contributed by atoms with Gasteiger partial charge in [-0.1, -0.05) is 65.7 Å². The van der Waals surface area contributed by atoms with Crippen molar-refractivity contribution in [3.8, 4) is 11.5 Å². The van der Waals surface area contributed by atoms with Crippen LogP contribution in [0.5, 0.6) is 11.5 Å². The molecule has 1 amide bonds. The molecule has 1 aliphatic heterocycles. The summed E-state index contributed by atoms with van der Waals surface area (Å²) in [6, 6.07) is 29.0. The zero-order chi connectivity index (χ0) is 26.1. The van der Waals surface area contributed by atoms with E-state index >= 15 is 0 Å². The van der Waals surface area contributed by atoms with Gasteiger partial charge in [-0.15, -0.1) is 0 Å². The second-order valence-corrected chi connectivity index (χ2v) is 9.31. The zero-order valence-corrected chi connectivity index (χ0v) is 20.9. The molecule has 0 saturated carbocycles. The molecular weight excluding hydrogens is 462 g/mol. The highest BCUT2D eigenvalue weighted by Crippen LogP contribution is 2.43. The molecule has 37 heavy (non-hydrogen) atoms. The van der Waals surface area contributed by atoms with Crippen molar-refractivity contribution in [3.63, 3.8) is 0 Å². The topological polar surface area (TPSA) is 66.8 Å². The van der Waals surface area contributed by atoms with Crippen LogP contribution in [0.25, 0.3) is 5.76 Å². The molecule has 5 nitrogen and oxygen atoms in total. The molecule has 0 spiro atoms. The number of benzene rings is 4. The number of hydrogen-bond donors (Lipinski definition) is 1. The largest absolute Gasteiger partial charge is 0.507 e. The fourth-order valence-corrected chi connectivity index (χ4v) is 4.69. The van der Waals surface area contributed by atoms with Crippen LogP contribution in [0.4, 0.5) is 5.69 Å². The standard InChI is InChI=1S/C32H27NO4/c1-20-8-7-9-23(18-20)29-28(30(34)27-19-21(2)12-13-22(27)3)31(35)32(36)33(29)24-14-16-26(17-15-24)37-25-10-5-4-6-11-25/h4-19,29,34H,1-3H3/b30-28+. The third-order valence-electron chi connectivity index (χ3n) is 6.54. The third-order valence-corrected chi connectivity index (χ3v) is 6.54. The smallest absolute Gasteiger partial charge is 0.300 e. The van der Waals surface area contributed by atoms with Gasteiger partial charge in [-0.2, -0.15) is 0 Å². The summed E-state index contributed by atoms with van der Waals surface area (Å²) in [4.78, 5) is 28.3. The molecule has 5 heteroatoms. The van der Waals surface area contributed by atoms with Crippen molar-refractivity contribution in [1.82, 2.24) is 0 Å². The van der Waals surface area contributed by atoms with Crippen LogP contribution in [0.2, 0.25) is 0 Å². The van der Waals surface area contributed by atoms with Crippen LogP contribution in [0.15, 0.2) is 103 Å². The lowest BCUT2D eigenvalue weighted by molar-refractivity contribution is -0.132. The Morgan fingerprint density at radius 3 is 2.14 bits per heavy atom. The van der Waals surface area contributed by atoms with Gasteiger partial charge >= 0.3 is 0 Å². The Hall–Kier alpha value is -4.64. The Bertz CT molecular complexity index is 1520. The maximum Gasteiger partial charge on any atom is 0.300 e. The van der Waals surface area contributed by atoms with Crippen molar-refractivity contribution in [3.05, 3.63) is 130 Å². The number of aryl methyl sites for hydroxylation is 3. The molecule has 1 saturated heterocycles. The van der Waals surface area contributed by atoms with Crippen LogP contribution >= 0.6 is 0 Å². The lowest BCUT2D eigenvalue weighted by atomic mass is 9.92. The normalized spacial score (nSPS) is 16.7. The summed E-state index contributed by atoms with van der Waals surface area (Å²) >= 11 is 0. The highest BCUT2D eigenvalue weighted by molar-refractivity contribution is 6.51. The lowest BCUT2D eigenvalue weighted by Gasteiger charge is -2.26. The van der Waals surface area contributed by atoms with E-state index in [9.17, 15) is 14.7 Å². The van der Waals surface area contributed by atoms with Crippen molar-refractivity contribution < 1.29 is 19.4 Å². The van der Waals surface area contributed by atoms with Crippen molar-refractivity contribution in [2.45, 2.75) is 26.8 Å². The molecule has 1 heterocycles. The van der Waals surface area contributed by atoms with Gasteiger partial charge in [0.2, 0.25) is 0 Å². The quantitative estimate of drug-likeness (QED) is 0.186. The van der Waals surface area contributed by atoms with E-state index in [0.29, 0.717) is 22.7 Å². The Kier molecular flexibility index (Phi) is 6.36. The fourth-order valence-electron chi connectivity index (χ4n) is 4.69. The van der Waals surface area contributed by atoms with E-state index in [1.165, 1.54) is 4.90 Å². The number of rotatable bonds is 5. The van der Waals surface area contributed by atoms with E-state index in [1.807, 2.05) is 93.6 Å². The molecule has 1 aliphatic rings. The number of ketones is 1. The molecule has 184 valence electrons. The summed E-state index contributed by atoms with van der Waals surface area (Å²) in [7, 11) is 0. The number of carbonyl (C=O) groups is 2. The number of aliphatic hydroxyl groups is 1. The number of hydrogen-bond acceptors (Lipinski definition) is 4. The van der Waals surface area contributed by atoms with E-state index in [1.54, 1.807) is 24.3 Å². The van der Waals surface area contributed by atoms with Gasteiger partial charge in [0.1, 0.15) is 17.3 Å². The number of amides is 1. The molecule has 0 bridgehead atoms. The van der Waals surface area contributed by atoms with Gasteiger partial charge in [-0.05, 0) is 74.4 Å². The van der Waals surface area contributed by atoms with Crippen LogP contribution < -0.4 is 9.64 Å². The predicted octanol–water partition coefficient (Wildman–Crippen LogP) is 7.03. The molecule has 1 atom stereocenters. The molecule has 4 aromatic rings. The summed E-state index contributed by atoms with van der Waals surface area (Å²) in [5.74, 6) is -0.264. The van der Waals surface area contributed by atoms with Crippen molar-refractivity contribution >= 4 is 23.1 Å². The number of carbonyl (C=O) groups excluding carboxylic acids is 2. The lowest BCUT2D eigenvalue weighted by Crippen LogP contribution is -2.29. The van der Waals surface area contributed by atoms with E-state index in [-0.39, 0.29) is 11.3 Å². The molecule has 0 aromatic heterocycles. The molecule has 5 rings (SSSR count). The van der Waals surface area contributed by atoms with Gasteiger partial charge in [0.25, 0.3) is 11.7 Å². The van der Waals surface area contributed by atoms with Crippen LogP contribution in [-0.4, -0.2) is 16.8 Å². The van der Waals surface area contributed by atoms with Crippen molar-refractivity contribution in [2.24, 2.45) is 0 Å². The second-order valence-electron chi connectivity index (χ2n) is 9.31. The SMILES string of the molecule is Cc1cccc(C2/C(=C(\O)c3cc(C)ccc3C)C(=O)C(=O)N2c2ccc(Oc3ccccc3)cc2)c1. The molecule has 1 N–H and O–H groups in total. The van der Waals surface area contributed by atoms with Gasteiger partial charge in [0.05, 0.1) is 11.6 Å². The number of Topliss-reactive ketones (excluding diaryl/α,β-unsaturated/α-hetero) is 1. The summed E-state index contributed by atoms with van der Waals surface area (Å²) in [6.07, 6.45) is 0. The molecule has 0 radical (unpaired) electrons. The van der Waals surface area contributed by atoms with Gasteiger partial charge in [0, 0.05) is 11.3 Å². The summed E-state index contributed by atoms with van der Waals surface area (Å²) in [5, 5.41) is 11.4. The fraction of sp³-hybridized carbons (Fsp3) is 0.125. The molecular formula is C32H27NO4. The average Bonchev–Trinajstić information content (AvgIpc) is 3.16. The number of aliphatic hydroxyl groups excluding tert-OH is 1. The predicted molar refractivity (Wildman–Crippen MR) is 145 cm³/mol. The van der Waals surface area contributed by atoms with Crippen LogP contribution in [0, 0.1) is 20.8 Å². The van der Waals surface area contributed by atoms with Gasteiger partial charge in [-0.3, -0.25) is 14.5 Å². The zero-order valence-electron chi connectivity index (χ0n) is 20.9. The maximum absolute atomic E-state index is 13.4. The van der Waals surface area contributed by atoms with Crippen molar-refractivity contribution in [2.75, 3.05) is 4.90 Å². The minimum absolute atomic E-state index is 0.0777. The molecule has 0 aliphatic carbocycles. The van der Waals surface area contributed by atoms with E-state index < -0.39 is 17.7 Å². The van der Waals surface area contributed by atoms with Gasteiger partial charge in [-0.25, -0.2) is 0 Å². The average molecular weight is 490 g/mol. The first-order valence-electron chi connectivity index (χ1n) is 12.1. The molecule has 1 fully saturated rings. The maximum atomic E-state index is 13.4. The van der Waals surface area contributed by atoms with Crippen molar-refractivity contribution in [1.29, 1.82) is 0 Å². The Labute approximate surface area is 216 Å². The Balaban J connectivity index is 1.62. The minimum Gasteiger partial charge on any atom is -0.507 e. The summed E-state index contributed by atoms with van der Waals surface area (Å²) < 4.78 is 5.89. The number of nitrogens with zero attached hydrogens (tertiary/aromatic N) is 1. The van der Waals surface area contributed by atoms with E-state index in [0.717, 1.165) is 22.3 Å². The Morgan fingerprint density at radius 2 is 1.43 bits per heavy atom. The third kappa shape index (κ3) is 4.64. The monoisotopic (exact) mass is 489 g/mol. The molecule has 1 unspecified atom stereocenters. The van der Waals surface area contributed by atoms with Gasteiger partial charge < -0.3 is 9.84 Å². The van der Waals surface area contributed by atoms with Crippen LogP contribution in [0.3, 0.4) is 0 Å². The number of para-hydroxylation sites is 1. The van der Waals surface area contributed by atoms with Crippen LogP contribution in [0.1, 0.15) is 33.9 Å². The first-order valence-corrected chi connectivity index (χ1v) is 12.1. The Morgan fingerprint density at radius 1 is 0.757 bits per heavy atom. The highest BCUT2D eigenvalue weighted by Gasteiger charge is 2.47. The number of anilines is 1. The van der Waals surface area contributed by atoms with E-state index in [4.69, 9.17) is 4.74 Å². The molecule has 4 aromatic carbocycles. The second kappa shape index (κ2) is 9.78. The minimum atomic E-state index is -0.777. The van der Waals surface area contributed by atoms with Gasteiger partial charge in [0.15, 0.2) is 0 Å². The summed E-state index contributed by atoms with van der Waals surface area (Å²) in [5.41, 5.74) is 4.66. The first-order chi connectivity index (χ1) is 17.8. The van der Waals surface area contributed by atoms with Crippen LogP contribution in [-0.2, 0) is 9.59 Å². The first kappa shape index (κ1) is 24.1.